The summed E-state index contributed by atoms with van der Waals surface area (Å²) in [6.07, 6.45) is 0. The lowest BCUT2D eigenvalue weighted by atomic mass is 9.93. The molecular formula is C51H33N3. The summed E-state index contributed by atoms with van der Waals surface area (Å²) in [5.74, 6) is 1.95. The Bertz CT molecular complexity index is 2890. The molecule has 0 fully saturated rings. The van der Waals surface area contributed by atoms with Crippen LogP contribution in [0.4, 0.5) is 0 Å². The Morgan fingerprint density at radius 2 is 0.519 bits per heavy atom. The maximum Gasteiger partial charge on any atom is 0.164 e. The zero-order valence-corrected chi connectivity index (χ0v) is 29.4. The minimum absolute atomic E-state index is 0.647. The molecule has 1 heterocycles. The molecule has 1 aromatic heterocycles. The zero-order valence-electron chi connectivity index (χ0n) is 29.4. The molecule has 54 heavy (non-hydrogen) atoms. The summed E-state index contributed by atoms with van der Waals surface area (Å²) in [7, 11) is 0. The normalized spacial score (nSPS) is 11.3. The van der Waals surface area contributed by atoms with Crippen molar-refractivity contribution in [1.82, 2.24) is 15.0 Å². The fourth-order valence-corrected chi connectivity index (χ4v) is 7.43. The van der Waals surface area contributed by atoms with Gasteiger partial charge in [-0.3, -0.25) is 0 Å². The molecule has 0 aliphatic heterocycles. The van der Waals surface area contributed by atoms with E-state index >= 15 is 0 Å². The fourth-order valence-electron chi connectivity index (χ4n) is 7.43. The average Bonchev–Trinajstić information content (AvgIpc) is 3.26. The molecule has 0 bridgehead atoms. The van der Waals surface area contributed by atoms with Gasteiger partial charge in [-0.05, 0) is 90.0 Å². The number of fused-ring (bicyclic) bond motifs is 3. The lowest BCUT2D eigenvalue weighted by Gasteiger charge is -2.12. The number of rotatable bonds is 6. The summed E-state index contributed by atoms with van der Waals surface area (Å²) in [4.78, 5) is 15.2. The van der Waals surface area contributed by atoms with E-state index in [0.29, 0.717) is 17.5 Å². The first-order valence-electron chi connectivity index (χ1n) is 18.3. The number of aromatic nitrogens is 3. The molecule has 3 nitrogen and oxygen atoms in total. The molecule has 10 rings (SSSR count). The van der Waals surface area contributed by atoms with E-state index in [2.05, 4.69) is 200 Å². The Balaban J connectivity index is 1.01. The monoisotopic (exact) mass is 687 g/mol. The maximum absolute atomic E-state index is 5.08. The van der Waals surface area contributed by atoms with E-state index in [-0.39, 0.29) is 0 Å². The molecule has 0 atom stereocenters. The Morgan fingerprint density at radius 3 is 1.02 bits per heavy atom. The molecule has 0 spiro atoms. The summed E-state index contributed by atoms with van der Waals surface area (Å²) >= 11 is 0. The van der Waals surface area contributed by atoms with Gasteiger partial charge in [0.05, 0.1) is 0 Å². The molecule has 0 amide bonds. The topological polar surface area (TPSA) is 38.7 Å². The van der Waals surface area contributed by atoms with Crippen molar-refractivity contribution in [1.29, 1.82) is 0 Å². The van der Waals surface area contributed by atoms with Gasteiger partial charge in [0.15, 0.2) is 17.5 Å². The highest BCUT2D eigenvalue weighted by Gasteiger charge is 2.14. The molecule has 9 aromatic carbocycles. The van der Waals surface area contributed by atoms with Gasteiger partial charge in [-0.1, -0.05) is 176 Å². The van der Waals surface area contributed by atoms with Crippen LogP contribution in [-0.4, -0.2) is 15.0 Å². The Hall–Kier alpha value is -7.23. The van der Waals surface area contributed by atoms with Crippen molar-refractivity contribution < 1.29 is 0 Å². The quantitative estimate of drug-likeness (QED) is 0.175. The minimum atomic E-state index is 0.647. The van der Waals surface area contributed by atoms with Crippen LogP contribution in [0.15, 0.2) is 200 Å². The highest BCUT2D eigenvalue weighted by atomic mass is 15.0. The smallest absolute Gasteiger partial charge is 0.164 e. The van der Waals surface area contributed by atoms with Crippen molar-refractivity contribution in [3.63, 3.8) is 0 Å². The molecule has 10 aromatic rings. The first-order valence-corrected chi connectivity index (χ1v) is 18.3. The van der Waals surface area contributed by atoms with Gasteiger partial charge < -0.3 is 0 Å². The zero-order chi connectivity index (χ0) is 35.8. The Labute approximate surface area is 313 Å². The molecule has 0 radical (unpaired) electrons. The second kappa shape index (κ2) is 13.4. The van der Waals surface area contributed by atoms with Crippen LogP contribution in [0, 0.1) is 0 Å². The predicted molar refractivity (Wildman–Crippen MR) is 225 cm³/mol. The van der Waals surface area contributed by atoms with Crippen LogP contribution in [0.2, 0.25) is 0 Å². The first-order chi connectivity index (χ1) is 26.7. The van der Waals surface area contributed by atoms with Crippen molar-refractivity contribution in [3.8, 4) is 67.5 Å². The van der Waals surface area contributed by atoms with Crippen LogP contribution in [0.25, 0.3) is 99.9 Å². The number of nitrogens with zero attached hydrogens (tertiary/aromatic N) is 3. The number of benzene rings is 9. The van der Waals surface area contributed by atoms with Gasteiger partial charge in [-0.2, -0.15) is 0 Å². The van der Waals surface area contributed by atoms with Crippen LogP contribution in [0.1, 0.15) is 0 Å². The molecule has 3 heteroatoms. The Morgan fingerprint density at radius 1 is 0.204 bits per heavy atom. The lowest BCUT2D eigenvalue weighted by molar-refractivity contribution is 1.08. The van der Waals surface area contributed by atoms with E-state index in [1.54, 1.807) is 0 Å². The molecular weight excluding hydrogens is 655 g/mol. The SMILES string of the molecule is c1ccc(-c2ccccc2-c2ccc(-c3ccc4cc(-c5nc(-c6ccc7ccccc7c6)nc(-c6ccc7ccccc7c6)n5)ccc4c3)cc2)cc1. The van der Waals surface area contributed by atoms with Crippen molar-refractivity contribution in [3.05, 3.63) is 200 Å². The van der Waals surface area contributed by atoms with Crippen LogP contribution < -0.4 is 0 Å². The van der Waals surface area contributed by atoms with Crippen LogP contribution in [-0.2, 0) is 0 Å². The molecule has 0 aliphatic carbocycles. The van der Waals surface area contributed by atoms with Crippen LogP contribution >= 0.6 is 0 Å². The third-order valence-electron chi connectivity index (χ3n) is 10.3. The minimum Gasteiger partial charge on any atom is -0.208 e. The summed E-state index contributed by atoms with van der Waals surface area (Å²) in [6.45, 7) is 0. The van der Waals surface area contributed by atoms with Crippen molar-refractivity contribution >= 4 is 32.3 Å². The number of hydrogen-bond acceptors (Lipinski definition) is 3. The van der Waals surface area contributed by atoms with Crippen molar-refractivity contribution in [2.45, 2.75) is 0 Å². The van der Waals surface area contributed by atoms with Gasteiger partial charge in [0.2, 0.25) is 0 Å². The van der Waals surface area contributed by atoms with Gasteiger partial charge in [-0.25, -0.2) is 15.0 Å². The van der Waals surface area contributed by atoms with Gasteiger partial charge >= 0.3 is 0 Å². The lowest BCUT2D eigenvalue weighted by Crippen LogP contribution is -2.00. The van der Waals surface area contributed by atoms with Gasteiger partial charge in [0.1, 0.15) is 0 Å². The second-order valence-corrected chi connectivity index (χ2v) is 13.7. The largest absolute Gasteiger partial charge is 0.208 e. The third kappa shape index (κ3) is 5.98. The van der Waals surface area contributed by atoms with E-state index in [1.807, 2.05) is 0 Å². The van der Waals surface area contributed by atoms with Crippen molar-refractivity contribution in [2.75, 3.05) is 0 Å². The molecule has 252 valence electrons. The standard InChI is InChI=1S/C51H33N3/c1-2-12-37(13-3-1)47-16-8-9-17-48(47)38-22-18-36(19-23-38)41-24-25-43-33-46(29-26-42(43)30-41)51-53-49(44-27-20-34-10-4-6-14-39(34)31-44)52-50(54-51)45-28-21-35-11-5-7-15-40(35)32-45/h1-33H. The van der Waals surface area contributed by atoms with Crippen LogP contribution in [0.3, 0.4) is 0 Å². The van der Waals surface area contributed by atoms with Gasteiger partial charge in [0.25, 0.3) is 0 Å². The summed E-state index contributed by atoms with van der Waals surface area (Å²) < 4.78 is 0. The predicted octanol–water partition coefficient (Wildman–Crippen LogP) is 13.3. The third-order valence-corrected chi connectivity index (χ3v) is 10.3. The fraction of sp³-hybridized carbons (Fsp3) is 0. The average molecular weight is 688 g/mol. The summed E-state index contributed by atoms with van der Waals surface area (Å²) in [6, 6.07) is 70.8. The first kappa shape index (κ1) is 31.5. The van der Waals surface area contributed by atoms with Gasteiger partial charge in [0, 0.05) is 16.7 Å². The van der Waals surface area contributed by atoms with E-state index in [0.717, 1.165) is 38.2 Å². The van der Waals surface area contributed by atoms with E-state index in [1.165, 1.54) is 44.2 Å². The highest BCUT2D eigenvalue weighted by molar-refractivity contribution is 5.92. The van der Waals surface area contributed by atoms with E-state index < -0.39 is 0 Å². The molecule has 0 N–H and O–H groups in total. The molecule has 0 saturated heterocycles. The molecule has 0 unspecified atom stereocenters. The van der Waals surface area contributed by atoms with Gasteiger partial charge in [-0.15, -0.1) is 0 Å². The van der Waals surface area contributed by atoms with E-state index in [9.17, 15) is 0 Å². The van der Waals surface area contributed by atoms with E-state index in [4.69, 9.17) is 15.0 Å². The van der Waals surface area contributed by atoms with Crippen LogP contribution in [0.5, 0.6) is 0 Å². The highest BCUT2D eigenvalue weighted by Crippen LogP contribution is 2.35. The maximum atomic E-state index is 5.08. The number of hydrogen-bond donors (Lipinski definition) is 0. The summed E-state index contributed by atoms with van der Waals surface area (Å²) in [5.41, 5.74) is 10.1. The molecule has 0 saturated carbocycles. The Kier molecular flexibility index (Phi) is 7.81. The molecule has 0 aliphatic rings. The summed E-state index contributed by atoms with van der Waals surface area (Å²) in [5, 5.41) is 6.96. The second-order valence-electron chi connectivity index (χ2n) is 13.7. The van der Waals surface area contributed by atoms with Crippen molar-refractivity contribution in [2.24, 2.45) is 0 Å².